The Morgan fingerprint density at radius 1 is 1.00 bits per heavy atom. The number of hydrogen-bond donors (Lipinski definition) is 0. The SMILES string of the molecule is N#CC1=C(c2ccccc2)C(SC(F)F)(SC(F)F)C(C#N)C=C1. The third-order valence-corrected chi connectivity index (χ3v) is 5.88. The summed E-state index contributed by atoms with van der Waals surface area (Å²) in [5, 5.41) is 18.7. The van der Waals surface area contributed by atoms with Crippen molar-refractivity contribution < 1.29 is 17.6 Å². The molecule has 0 radical (unpaired) electrons. The first-order chi connectivity index (χ1) is 11.4. The molecule has 2 nitrogen and oxygen atoms in total. The minimum Gasteiger partial charge on any atom is -0.198 e. The number of halogens is 4. The quantitative estimate of drug-likeness (QED) is 0.522. The molecule has 124 valence electrons. The van der Waals surface area contributed by atoms with Gasteiger partial charge in [-0.25, -0.2) is 0 Å². The highest BCUT2D eigenvalue weighted by atomic mass is 32.2. The molecule has 1 aromatic rings. The number of thioether (sulfide) groups is 2. The lowest BCUT2D eigenvalue weighted by atomic mass is 9.85. The van der Waals surface area contributed by atoms with Gasteiger partial charge in [-0.3, -0.25) is 0 Å². The molecule has 24 heavy (non-hydrogen) atoms. The van der Waals surface area contributed by atoms with E-state index in [0.717, 1.165) is 0 Å². The van der Waals surface area contributed by atoms with Crippen molar-refractivity contribution in [1.82, 2.24) is 0 Å². The van der Waals surface area contributed by atoms with Crippen LogP contribution in [0.25, 0.3) is 5.57 Å². The van der Waals surface area contributed by atoms with Crippen LogP contribution < -0.4 is 0 Å². The van der Waals surface area contributed by atoms with Gasteiger partial charge >= 0.3 is 0 Å². The van der Waals surface area contributed by atoms with Gasteiger partial charge in [0.05, 0.1) is 23.6 Å². The average molecular weight is 370 g/mol. The van der Waals surface area contributed by atoms with Gasteiger partial charge in [0.1, 0.15) is 4.08 Å². The standard InChI is InChI=1S/C16H10F4N2S2/c17-14(18)23-16(24-15(19)20)12(9-22)7-6-11(8-21)13(16)10-4-2-1-3-5-10/h1-7,12,14-15H. The van der Waals surface area contributed by atoms with Crippen LogP contribution in [0.4, 0.5) is 17.6 Å². The summed E-state index contributed by atoms with van der Waals surface area (Å²) < 4.78 is 50.9. The Labute approximate surface area is 144 Å². The van der Waals surface area contributed by atoms with E-state index in [4.69, 9.17) is 0 Å². The number of hydrogen-bond acceptors (Lipinski definition) is 4. The molecular formula is C16H10F4N2S2. The Balaban J connectivity index is 2.76. The number of benzene rings is 1. The van der Waals surface area contributed by atoms with E-state index >= 15 is 0 Å². The van der Waals surface area contributed by atoms with Gasteiger partial charge in [-0.1, -0.05) is 59.9 Å². The van der Waals surface area contributed by atoms with Crippen molar-refractivity contribution in [2.24, 2.45) is 5.92 Å². The zero-order valence-corrected chi connectivity index (χ0v) is 13.6. The number of rotatable bonds is 5. The third-order valence-electron chi connectivity index (χ3n) is 3.33. The zero-order valence-electron chi connectivity index (χ0n) is 12.0. The van der Waals surface area contributed by atoms with Crippen LogP contribution in [-0.4, -0.2) is 15.6 Å². The highest BCUT2D eigenvalue weighted by Crippen LogP contribution is 2.59. The summed E-state index contributed by atoms with van der Waals surface area (Å²) in [6.45, 7) is 0. The predicted molar refractivity (Wildman–Crippen MR) is 87.1 cm³/mol. The van der Waals surface area contributed by atoms with Gasteiger partial charge < -0.3 is 0 Å². The molecular weight excluding hydrogens is 360 g/mol. The van der Waals surface area contributed by atoms with E-state index < -0.39 is 21.5 Å². The first kappa shape index (κ1) is 18.4. The second kappa shape index (κ2) is 7.78. The van der Waals surface area contributed by atoms with Crippen LogP contribution in [0.3, 0.4) is 0 Å². The van der Waals surface area contributed by atoms with Crippen molar-refractivity contribution >= 4 is 29.1 Å². The molecule has 0 aliphatic heterocycles. The monoisotopic (exact) mass is 370 g/mol. The summed E-state index contributed by atoms with van der Waals surface area (Å²) in [7, 11) is 0. The minimum atomic E-state index is -2.99. The zero-order chi connectivity index (χ0) is 17.7. The molecule has 0 saturated carbocycles. The molecule has 1 unspecified atom stereocenters. The fourth-order valence-corrected chi connectivity index (χ4v) is 4.92. The Kier molecular flexibility index (Phi) is 5.98. The van der Waals surface area contributed by atoms with Crippen LogP contribution in [0.1, 0.15) is 5.56 Å². The lowest BCUT2D eigenvalue weighted by Gasteiger charge is -2.39. The second-order valence-corrected chi connectivity index (χ2v) is 7.39. The van der Waals surface area contributed by atoms with E-state index in [0.29, 0.717) is 5.56 Å². The summed E-state index contributed by atoms with van der Waals surface area (Å²) in [5.41, 5.74) is 0.379. The summed E-state index contributed by atoms with van der Waals surface area (Å²) >= 11 is -0.0544. The largest absolute Gasteiger partial charge is 0.286 e. The molecule has 8 heteroatoms. The lowest BCUT2D eigenvalue weighted by molar-refractivity contribution is 0.247. The molecule has 0 aromatic heterocycles. The smallest absolute Gasteiger partial charge is 0.198 e. The number of nitriles is 2. The topological polar surface area (TPSA) is 47.6 Å². The van der Waals surface area contributed by atoms with Crippen LogP contribution in [0.2, 0.25) is 0 Å². The van der Waals surface area contributed by atoms with Gasteiger partial charge in [0.25, 0.3) is 11.5 Å². The highest BCUT2D eigenvalue weighted by Gasteiger charge is 2.50. The van der Waals surface area contributed by atoms with Crippen LogP contribution in [-0.2, 0) is 0 Å². The maximum atomic E-state index is 13.2. The van der Waals surface area contributed by atoms with Gasteiger partial charge in [0, 0.05) is 5.57 Å². The summed E-state index contributed by atoms with van der Waals surface area (Å²) in [5.74, 6) is -7.21. The molecule has 0 amide bonds. The van der Waals surface area contributed by atoms with Crippen molar-refractivity contribution in [2.45, 2.75) is 15.6 Å². The maximum Gasteiger partial charge on any atom is 0.286 e. The van der Waals surface area contributed by atoms with E-state index in [9.17, 15) is 28.1 Å². The van der Waals surface area contributed by atoms with E-state index in [-0.39, 0.29) is 34.7 Å². The minimum absolute atomic E-state index is 0.00556. The van der Waals surface area contributed by atoms with Crippen molar-refractivity contribution in [3.05, 3.63) is 53.6 Å². The van der Waals surface area contributed by atoms with Gasteiger partial charge in [-0.15, -0.1) is 0 Å². The fourth-order valence-electron chi connectivity index (χ4n) is 2.49. The Morgan fingerprint density at radius 2 is 1.58 bits per heavy atom. The van der Waals surface area contributed by atoms with Crippen LogP contribution >= 0.6 is 23.5 Å². The van der Waals surface area contributed by atoms with E-state index in [1.165, 1.54) is 12.2 Å². The summed E-state index contributed by atoms with van der Waals surface area (Å²) in [4.78, 5) is 0. The van der Waals surface area contributed by atoms with Crippen LogP contribution in [0.5, 0.6) is 0 Å². The maximum absolute atomic E-state index is 13.2. The third kappa shape index (κ3) is 3.61. The van der Waals surface area contributed by atoms with Gasteiger partial charge in [0.2, 0.25) is 0 Å². The lowest BCUT2D eigenvalue weighted by Crippen LogP contribution is -2.36. The normalized spacial score (nSPS) is 19.4. The van der Waals surface area contributed by atoms with Crippen molar-refractivity contribution in [1.29, 1.82) is 10.5 Å². The summed E-state index contributed by atoms with van der Waals surface area (Å²) in [6.07, 6.45) is 2.56. The number of alkyl halides is 4. The first-order valence-corrected chi connectivity index (χ1v) is 8.40. The average Bonchev–Trinajstić information content (AvgIpc) is 2.53. The molecule has 1 aliphatic carbocycles. The van der Waals surface area contributed by atoms with Gasteiger partial charge in [-0.05, 0) is 11.6 Å². The Hall–Kier alpha value is -1.90. The van der Waals surface area contributed by atoms with Crippen molar-refractivity contribution in [2.75, 3.05) is 0 Å². The Morgan fingerprint density at radius 3 is 2.04 bits per heavy atom. The van der Waals surface area contributed by atoms with Crippen LogP contribution in [0, 0.1) is 28.6 Å². The molecule has 0 bridgehead atoms. The molecule has 0 heterocycles. The van der Waals surface area contributed by atoms with Crippen LogP contribution in [0.15, 0.2) is 48.1 Å². The van der Waals surface area contributed by atoms with Crippen molar-refractivity contribution in [3.63, 3.8) is 0 Å². The first-order valence-electron chi connectivity index (χ1n) is 6.64. The van der Waals surface area contributed by atoms with Gasteiger partial charge in [-0.2, -0.15) is 28.1 Å². The fraction of sp³-hybridized carbons (Fsp3) is 0.250. The Bertz CT molecular complexity index is 723. The highest BCUT2D eigenvalue weighted by molar-refractivity contribution is 8.19. The summed E-state index contributed by atoms with van der Waals surface area (Å²) in [6, 6.07) is 11.7. The molecule has 0 saturated heterocycles. The molecule has 0 spiro atoms. The number of nitrogens with zero attached hydrogens (tertiary/aromatic N) is 2. The van der Waals surface area contributed by atoms with E-state index in [2.05, 4.69) is 0 Å². The molecule has 1 aliphatic rings. The van der Waals surface area contributed by atoms with Crippen molar-refractivity contribution in [3.8, 4) is 12.1 Å². The molecule has 1 aromatic carbocycles. The molecule has 0 N–H and O–H groups in total. The molecule has 2 rings (SSSR count). The van der Waals surface area contributed by atoms with E-state index in [1.54, 1.807) is 30.3 Å². The second-order valence-electron chi connectivity index (χ2n) is 4.66. The number of allylic oxidation sites excluding steroid dienone is 3. The van der Waals surface area contributed by atoms with Gasteiger partial charge in [0.15, 0.2) is 0 Å². The molecule has 0 fully saturated rings. The van der Waals surface area contributed by atoms with E-state index in [1.807, 2.05) is 12.1 Å². The molecule has 1 atom stereocenters. The predicted octanol–water partition coefficient (Wildman–Crippen LogP) is 5.28.